The van der Waals surface area contributed by atoms with Gasteiger partial charge in [-0.1, -0.05) is 22.0 Å². The van der Waals surface area contributed by atoms with Crippen molar-refractivity contribution in [1.29, 1.82) is 0 Å². The van der Waals surface area contributed by atoms with Gasteiger partial charge in [-0.15, -0.1) is 0 Å². The third kappa shape index (κ3) is 6.35. The van der Waals surface area contributed by atoms with Crippen LogP contribution in [0.4, 0.5) is 0 Å². The summed E-state index contributed by atoms with van der Waals surface area (Å²) >= 11 is 3.39. The molecule has 0 atom stereocenters. The molecule has 0 fully saturated rings. The number of halogens is 1. The number of ether oxygens (including phenoxy) is 2. The first-order chi connectivity index (χ1) is 11.7. The Morgan fingerprint density at radius 1 is 1.21 bits per heavy atom. The maximum absolute atomic E-state index is 12.0. The van der Waals surface area contributed by atoms with E-state index in [9.17, 15) is 4.79 Å². The van der Waals surface area contributed by atoms with Gasteiger partial charge < -0.3 is 24.5 Å². The average Bonchev–Trinajstić information content (AvgIpc) is 3.05. The van der Waals surface area contributed by atoms with E-state index in [1.807, 2.05) is 24.3 Å². The van der Waals surface area contributed by atoms with Crippen molar-refractivity contribution in [2.75, 3.05) is 33.4 Å². The van der Waals surface area contributed by atoms with Gasteiger partial charge in [-0.05, 0) is 30.3 Å². The van der Waals surface area contributed by atoms with Crippen LogP contribution in [0.1, 0.15) is 16.3 Å². The van der Waals surface area contributed by atoms with Crippen molar-refractivity contribution in [3.63, 3.8) is 0 Å². The number of benzene rings is 1. The van der Waals surface area contributed by atoms with Crippen molar-refractivity contribution >= 4 is 21.8 Å². The summed E-state index contributed by atoms with van der Waals surface area (Å²) in [5, 5.41) is 5.93. The minimum absolute atomic E-state index is 0.239. The van der Waals surface area contributed by atoms with E-state index in [0.717, 1.165) is 16.8 Å². The van der Waals surface area contributed by atoms with Gasteiger partial charge in [-0.3, -0.25) is 4.79 Å². The molecule has 0 aliphatic rings. The summed E-state index contributed by atoms with van der Waals surface area (Å²) in [7, 11) is 1.65. The molecule has 0 saturated heterocycles. The highest BCUT2D eigenvalue weighted by Gasteiger charge is 2.11. The third-order valence-corrected chi connectivity index (χ3v) is 3.63. The van der Waals surface area contributed by atoms with Crippen LogP contribution in [0.3, 0.4) is 0 Å². The van der Waals surface area contributed by atoms with Crippen molar-refractivity contribution in [3.8, 4) is 5.75 Å². The molecule has 2 aromatic rings. The van der Waals surface area contributed by atoms with E-state index >= 15 is 0 Å². The molecule has 0 saturated carbocycles. The van der Waals surface area contributed by atoms with Crippen LogP contribution < -0.4 is 15.4 Å². The summed E-state index contributed by atoms with van der Waals surface area (Å²) < 4.78 is 17.0. The number of carbonyl (C=O) groups excluding carboxylic acids is 1. The van der Waals surface area contributed by atoms with Crippen LogP contribution in [-0.2, 0) is 11.3 Å². The Morgan fingerprint density at radius 3 is 2.88 bits per heavy atom. The second-order valence-corrected chi connectivity index (χ2v) is 5.93. The SMILES string of the molecule is COCCNCCNC(=O)c1ccc(COc2cccc(Br)c2)o1. The molecule has 0 spiro atoms. The topological polar surface area (TPSA) is 72.7 Å². The highest BCUT2D eigenvalue weighted by atomic mass is 79.9. The first-order valence-electron chi connectivity index (χ1n) is 7.64. The molecule has 1 heterocycles. The number of methoxy groups -OCH3 is 1. The van der Waals surface area contributed by atoms with Gasteiger partial charge in [0, 0.05) is 31.2 Å². The van der Waals surface area contributed by atoms with Gasteiger partial charge in [0.25, 0.3) is 5.91 Å². The second-order valence-electron chi connectivity index (χ2n) is 5.01. The lowest BCUT2D eigenvalue weighted by Gasteiger charge is -2.05. The van der Waals surface area contributed by atoms with Crippen molar-refractivity contribution in [2.45, 2.75) is 6.61 Å². The van der Waals surface area contributed by atoms with Crippen LogP contribution in [0.5, 0.6) is 5.75 Å². The van der Waals surface area contributed by atoms with E-state index in [0.29, 0.717) is 25.5 Å². The van der Waals surface area contributed by atoms with Crippen LogP contribution in [0, 0.1) is 0 Å². The van der Waals surface area contributed by atoms with Crippen molar-refractivity contribution in [1.82, 2.24) is 10.6 Å². The summed E-state index contributed by atoms with van der Waals surface area (Å²) in [6.07, 6.45) is 0. The van der Waals surface area contributed by atoms with Gasteiger partial charge in [0.05, 0.1) is 6.61 Å². The van der Waals surface area contributed by atoms with E-state index in [4.69, 9.17) is 13.9 Å². The average molecular weight is 397 g/mol. The van der Waals surface area contributed by atoms with E-state index in [1.54, 1.807) is 19.2 Å². The van der Waals surface area contributed by atoms with Gasteiger partial charge in [0.2, 0.25) is 0 Å². The minimum Gasteiger partial charge on any atom is -0.486 e. The molecular weight excluding hydrogens is 376 g/mol. The Balaban J connectivity index is 1.72. The quantitative estimate of drug-likeness (QED) is 0.603. The second kappa shape index (κ2) is 10.1. The first kappa shape index (κ1) is 18.5. The van der Waals surface area contributed by atoms with Gasteiger partial charge in [-0.25, -0.2) is 0 Å². The number of hydrogen-bond acceptors (Lipinski definition) is 5. The molecule has 130 valence electrons. The summed E-state index contributed by atoms with van der Waals surface area (Å²) in [5.74, 6) is 1.37. The van der Waals surface area contributed by atoms with Crippen LogP contribution in [0.2, 0.25) is 0 Å². The molecule has 2 rings (SSSR count). The van der Waals surface area contributed by atoms with Crippen LogP contribution in [-0.4, -0.2) is 39.3 Å². The smallest absolute Gasteiger partial charge is 0.287 e. The van der Waals surface area contributed by atoms with Gasteiger partial charge in [0.15, 0.2) is 5.76 Å². The molecule has 24 heavy (non-hydrogen) atoms. The molecule has 0 radical (unpaired) electrons. The lowest BCUT2D eigenvalue weighted by Crippen LogP contribution is -2.32. The van der Waals surface area contributed by atoms with E-state index < -0.39 is 0 Å². The molecule has 0 bridgehead atoms. The third-order valence-electron chi connectivity index (χ3n) is 3.13. The number of hydrogen-bond donors (Lipinski definition) is 2. The van der Waals surface area contributed by atoms with Crippen LogP contribution in [0.25, 0.3) is 0 Å². The normalized spacial score (nSPS) is 10.6. The molecule has 6 nitrogen and oxygen atoms in total. The Bertz CT molecular complexity index is 645. The molecule has 0 aliphatic carbocycles. The largest absolute Gasteiger partial charge is 0.486 e. The molecule has 1 amide bonds. The number of amides is 1. The molecule has 7 heteroatoms. The standard InChI is InChI=1S/C17H21BrN2O4/c1-22-10-9-19-7-8-20-17(21)16-6-5-15(24-16)12-23-14-4-2-3-13(18)11-14/h2-6,11,19H,7-10,12H2,1H3,(H,20,21). The van der Waals surface area contributed by atoms with Gasteiger partial charge in [-0.2, -0.15) is 0 Å². The monoisotopic (exact) mass is 396 g/mol. The Hall–Kier alpha value is -1.83. The fourth-order valence-corrected chi connectivity index (χ4v) is 2.32. The molecule has 1 aromatic heterocycles. The van der Waals surface area contributed by atoms with E-state index in [1.165, 1.54) is 0 Å². The maximum Gasteiger partial charge on any atom is 0.287 e. The highest BCUT2D eigenvalue weighted by Crippen LogP contribution is 2.19. The minimum atomic E-state index is -0.239. The summed E-state index contributed by atoms with van der Waals surface area (Å²) in [6, 6.07) is 10.9. The zero-order chi connectivity index (χ0) is 17.2. The molecule has 0 unspecified atom stereocenters. The van der Waals surface area contributed by atoms with Crippen LogP contribution >= 0.6 is 15.9 Å². The Kier molecular flexibility index (Phi) is 7.81. The lowest BCUT2D eigenvalue weighted by atomic mass is 10.3. The Morgan fingerprint density at radius 2 is 2.08 bits per heavy atom. The van der Waals surface area contributed by atoms with Crippen molar-refractivity contribution in [3.05, 3.63) is 52.4 Å². The number of rotatable bonds is 10. The van der Waals surface area contributed by atoms with E-state index in [-0.39, 0.29) is 18.3 Å². The summed E-state index contributed by atoms with van der Waals surface area (Å²) in [6.45, 7) is 2.86. The first-order valence-corrected chi connectivity index (χ1v) is 8.43. The molecule has 1 aromatic carbocycles. The predicted octanol–water partition coefficient (Wildman–Crippen LogP) is 2.59. The number of carbonyl (C=O) groups is 1. The predicted molar refractivity (Wildman–Crippen MR) is 94.3 cm³/mol. The zero-order valence-electron chi connectivity index (χ0n) is 13.5. The zero-order valence-corrected chi connectivity index (χ0v) is 15.1. The number of nitrogens with one attached hydrogen (secondary N) is 2. The van der Waals surface area contributed by atoms with Gasteiger partial charge >= 0.3 is 0 Å². The van der Waals surface area contributed by atoms with Crippen molar-refractivity contribution in [2.24, 2.45) is 0 Å². The molecule has 0 aliphatic heterocycles. The number of furan rings is 1. The maximum atomic E-state index is 12.0. The van der Waals surface area contributed by atoms with Crippen molar-refractivity contribution < 1.29 is 18.7 Å². The molecular formula is C17H21BrN2O4. The summed E-state index contributed by atoms with van der Waals surface area (Å²) in [4.78, 5) is 12.0. The summed E-state index contributed by atoms with van der Waals surface area (Å²) in [5.41, 5.74) is 0. The fraction of sp³-hybridized carbons (Fsp3) is 0.353. The van der Waals surface area contributed by atoms with Gasteiger partial charge in [0.1, 0.15) is 18.1 Å². The van der Waals surface area contributed by atoms with Crippen LogP contribution in [0.15, 0.2) is 45.3 Å². The Labute approximate surface area is 149 Å². The molecule has 2 N–H and O–H groups in total. The highest BCUT2D eigenvalue weighted by molar-refractivity contribution is 9.10. The van der Waals surface area contributed by atoms with E-state index in [2.05, 4.69) is 26.6 Å². The lowest BCUT2D eigenvalue weighted by molar-refractivity contribution is 0.0922. The fourth-order valence-electron chi connectivity index (χ4n) is 1.94.